The fourth-order valence-electron chi connectivity index (χ4n) is 3.76. The second-order valence-electron chi connectivity index (χ2n) is 7.65. The van der Waals surface area contributed by atoms with Crippen molar-refractivity contribution in [1.29, 1.82) is 0 Å². The monoisotopic (exact) mass is 408 g/mol. The number of nitrogens with zero attached hydrogens (tertiary/aromatic N) is 3. The highest BCUT2D eigenvalue weighted by molar-refractivity contribution is 8.13. The van der Waals surface area contributed by atoms with Gasteiger partial charge in [0.05, 0.1) is 0 Å². The van der Waals surface area contributed by atoms with Gasteiger partial charge < -0.3 is 9.80 Å². The number of amidine groups is 1. The highest BCUT2D eigenvalue weighted by Crippen LogP contribution is 2.29. The molecule has 0 saturated carbocycles. The number of unbranched alkanes of at least 4 members (excludes halogenated alkanes) is 9. The Morgan fingerprint density at radius 2 is 1.68 bits per heavy atom. The summed E-state index contributed by atoms with van der Waals surface area (Å²) in [5.41, 5.74) is 0. The largest absolute Gasteiger partial charge is 0.336 e. The maximum atomic E-state index is 12.4. The van der Waals surface area contributed by atoms with Crippen LogP contribution in [0.5, 0.6) is 0 Å². The lowest BCUT2D eigenvalue weighted by Crippen LogP contribution is -2.63. The summed E-state index contributed by atoms with van der Waals surface area (Å²) in [4.78, 5) is 32.6. The molecule has 3 amide bonds. The number of fused-ring (bicyclic) bond motifs is 1. The Labute approximate surface area is 174 Å². The quantitative estimate of drug-likeness (QED) is 0.363. The van der Waals surface area contributed by atoms with E-state index in [-0.39, 0.29) is 11.9 Å². The maximum Gasteiger partial charge on any atom is 0.325 e. The van der Waals surface area contributed by atoms with E-state index in [1.165, 1.54) is 62.7 Å². The summed E-state index contributed by atoms with van der Waals surface area (Å²) in [6.07, 6.45) is 14.2. The van der Waals surface area contributed by atoms with Crippen LogP contribution in [0.2, 0.25) is 0 Å². The zero-order valence-electron chi connectivity index (χ0n) is 17.5. The lowest BCUT2D eigenvalue weighted by atomic mass is 10.1. The SMILES string of the molecule is C=CCSC1=NC2C(C(=O)NC(=O)N2C)N1CCCCCCCCCCCC. The van der Waals surface area contributed by atoms with Crippen molar-refractivity contribution in [2.24, 2.45) is 4.99 Å². The number of aliphatic imine (C=N–C) groups is 1. The minimum absolute atomic E-state index is 0.238. The summed E-state index contributed by atoms with van der Waals surface area (Å²) in [7, 11) is 1.70. The minimum atomic E-state index is -0.420. The summed E-state index contributed by atoms with van der Waals surface area (Å²) < 4.78 is 0. The molecule has 0 aromatic heterocycles. The Bertz CT molecular complexity index is 567. The molecule has 0 radical (unpaired) electrons. The molecule has 0 aliphatic carbocycles. The van der Waals surface area contributed by atoms with Gasteiger partial charge in [0, 0.05) is 19.3 Å². The fourth-order valence-corrected chi connectivity index (χ4v) is 4.58. The third-order valence-electron chi connectivity index (χ3n) is 5.41. The van der Waals surface area contributed by atoms with E-state index in [1.807, 2.05) is 6.08 Å². The molecule has 1 fully saturated rings. The van der Waals surface area contributed by atoms with Crippen LogP contribution in [0.4, 0.5) is 4.79 Å². The Kier molecular flexibility index (Phi) is 9.88. The van der Waals surface area contributed by atoms with Gasteiger partial charge in [-0.2, -0.15) is 0 Å². The van der Waals surface area contributed by atoms with E-state index in [4.69, 9.17) is 0 Å². The van der Waals surface area contributed by atoms with Crippen LogP contribution in [0.15, 0.2) is 17.6 Å². The van der Waals surface area contributed by atoms with Crippen LogP contribution in [0.3, 0.4) is 0 Å². The summed E-state index contributed by atoms with van der Waals surface area (Å²) >= 11 is 1.58. The molecule has 28 heavy (non-hydrogen) atoms. The van der Waals surface area contributed by atoms with Crippen LogP contribution in [-0.2, 0) is 4.79 Å². The molecule has 0 bridgehead atoms. The van der Waals surface area contributed by atoms with Crippen LogP contribution in [0, 0.1) is 0 Å². The Morgan fingerprint density at radius 3 is 2.29 bits per heavy atom. The zero-order chi connectivity index (χ0) is 20.4. The van der Waals surface area contributed by atoms with Gasteiger partial charge in [0.25, 0.3) is 5.91 Å². The number of urea groups is 1. The molecule has 0 aromatic carbocycles. The number of amides is 3. The third kappa shape index (κ3) is 6.26. The lowest BCUT2D eigenvalue weighted by Gasteiger charge is -2.36. The summed E-state index contributed by atoms with van der Waals surface area (Å²) in [5, 5.41) is 3.30. The molecule has 2 rings (SSSR count). The first kappa shape index (κ1) is 22.8. The molecule has 1 saturated heterocycles. The number of thioether (sulfide) groups is 1. The molecule has 1 N–H and O–H groups in total. The summed E-state index contributed by atoms with van der Waals surface area (Å²) in [5.74, 6) is 0.504. The molecule has 0 aromatic rings. The third-order valence-corrected chi connectivity index (χ3v) is 6.41. The van der Waals surface area contributed by atoms with Crippen molar-refractivity contribution in [2.45, 2.75) is 83.3 Å². The van der Waals surface area contributed by atoms with E-state index < -0.39 is 12.2 Å². The Hall–Kier alpha value is -1.50. The van der Waals surface area contributed by atoms with Gasteiger partial charge >= 0.3 is 6.03 Å². The average Bonchev–Trinajstić information content (AvgIpc) is 3.05. The van der Waals surface area contributed by atoms with Crippen LogP contribution in [-0.4, -0.2) is 58.5 Å². The fraction of sp³-hybridized carbons (Fsp3) is 0.762. The number of likely N-dealkylation sites (N-methyl/N-ethyl adjacent to an activating group) is 1. The van der Waals surface area contributed by atoms with Crippen LogP contribution in [0.1, 0.15) is 71.1 Å². The molecule has 158 valence electrons. The van der Waals surface area contributed by atoms with E-state index in [1.54, 1.807) is 18.8 Å². The van der Waals surface area contributed by atoms with Crippen LogP contribution in [0.25, 0.3) is 0 Å². The summed E-state index contributed by atoms with van der Waals surface area (Å²) in [6, 6.07) is -0.780. The van der Waals surface area contributed by atoms with Crippen molar-refractivity contribution in [1.82, 2.24) is 15.1 Å². The molecular formula is C21H36N4O2S. The average molecular weight is 409 g/mol. The number of nitrogens with one attached hydrogen (secondary N) is 1. The van der Waals surface area contributed by atoms with Gasteiger partial charge in [0.2, 0.25) is 0 Å². The highest BCUT2D eigenvalue weighted by atomic mass is 32.2. The van der Waals surface area contributed by atoms with Crippen LogP contribution >= 0.6 is 11.8 Å². The van der Waals surface area contributed by atoms with Gasteiger partial charge in [-0.25, -0.2) is 9.79 Å². The van der Waals surface area contributed by atoms with Gasteiger partial charge in [0.15, 0.2) is 17.4 Å². The predicted molar refractivity (Wildman–Crippen MR) is 118 cm³/mol. The molecular weight excluding hydrogens is 372 g/mol. The van der Waals surface area contributed by atoms with Gasteiger partial charge in [-0.3, -0.25) is 10.1 Å². The number of hydrogen-bond acceptors (Lipinski definition) is 5. The standard InChI is InChI=1S/C21H36N4O2S/c1-4-6-7-8-9-10-11-12-13-14-15-25-17-18(22-21(25)28-16-5-2)24(3)20(27)23-19(17)26/h5,17-18H,2,4,6-16H2,1,3H3,(H,23,26,27). The normalized spacial score (nSPS) is 21.6. The van der Waals surface area contributed by atoms with Gasteiger partial charge in [-0.15, -0.1) is 6.58 Å². The Balaban J connectivity index is 1.76. The van der Waals surface area contributed by atoms with Crippen LogP contribution < -0.4 is 5.32 Å². The van der Waals surface area contributed by atoms with Crippen molar-refractivity contribution in [3.8, 4) is 0 Å². The van der Waals surface area contributed by atoms with E-state index in [0.717, 1.165) is 23.9 Å². The van der Waals surface area contributed by atoms with Crippen molar-refractivity contribution in [3.05, 3.63) is 12.7 Å². The summed E-state index contributed by atoms with van der Waals surface area (Å²) in [6.45, 7) is 6.82. The van der Waals surface area contributed by atoms with E-state index in [0.29, 0.717) is 0 Å². The van der Waals surface area contributed by atoms with Crippen molar-refractivity contribution >= 4 is 28.9 Å². The van der Waals surface area contributed by atoms with Crippen molar-refractivity contribution in [2.75, 3.05) is 19.3 Å². The molecule has 0 spiro atoms. The molecule has 2 aliphatic rings. The molecule has 2 atom stereocenters. The first-order valence-electron chi connectivity index (χ1n) is 10.8. The van der Waals surface area contributed by atoms with Crippen molar-refractivity contribution < 1.29 is 9.59 Å². The molecule has 6 nitrogen and oxygen atoms in total. The van der Waals surface area contributed by atoms with Gasteiger partial charge in [-0.1, -0.05) is 82.5 Å². The maximum absolute atomic E-state index is 12.4. The number of imide groups is 1. The second kappa shape index (κ2) is 12.1. The first-order valence-corrected chi connectivity index (χ1v) is 11.7. The number of carbonyl (C=O) groups excluding carboxylic acids is 2. The minimum Gasteiger partial charge on any atom is -0.336 e. The van der Waals surface area contributed by atoms with E-state index >= 15 is 0 Å². The number of hydrogen-bond donors (Lipinski definition) is 1. The highest BCUT2D eigenvalue weighted by Gasteiger charge is 2.48. The van der Waals surface area contributed by atoms with E-state index in [2.05, 4.69) is 28.7 Å². The first-order chi connectivity index (χ1) is 13.6. The smallest absolute Gasteiger partial charge is 0.325 e. The number of rotatable bonds is 13. The molecule has 7 heteroatoms. The van der Waals surface area contributed by atoms with Gasteiger partial charge in [-0.05, 0) is 6.42 Å². The lowest BCUT2D eigenvalue weighted by molar-refractivity contribution is -0.127. The zero-order valence-corrected chi connectivity index (χ0v) is 18.3. The molecule has 2 aliphatic heterocycles. The van der Waals surface area contributed by atoms with E-state index in [9.17, 15) is 9.59 Å². The van der Waals surface area contributed by atoms with Gasteiger partial charge in [0.1, 0.15) is 0 Å². The second-order valence-corrected chi connectivity index (χ2v) is 8.64. The molecule has 2 heterocycles. The predicted octanol–water partition coefficient (Wildman–Crippen LogP) is 4.37. The topological polar surface area (TPSA) is 65.0 Å². The Morgan fingerprint density at radius 1 is 1.07 bits per heavy atom. The number of carbonyl (C=O) groups is 2. The van der Waals surface area contributed by atoms with Crippen molar-refractivity contribution in [3.63, 3.8) is 0 Å². The molecule has 2 unspecified atom stereocenters.